The molecule has 5 aliphatic carbocycles. The van der Waals surface area contributed by atoms with Crippen LogP contribution in [0.1, 0.15) is 0 Å². The second-order valence-corrected chi connectivity index (χ2v) is 10.2. The topological polar surface area (TPSA) is 153 Å². The molecule has 8 atom stereocenters. The van der Waals surface area contributed by atoms with Crippen molar-refractivity contribution in [1.29, 1.82) is 0 Å². The summed E-state index contributed by atoms with van der Waals surface area (Å²) in [6.45, 7) is 0. The fraction of sp³-hybridized carbons (Fsp3) is 0.733. The second kappa shape index (κ2) is 5.23. The lowest BCUT2D eigenvalue weighted by atomic mass is 9.57. The molecule has 2 bridgehead atoms. The normalized spacial score (nSPS) is 54.3. The molecule has 6 N–H and O–H groups in total. The third-order valence-corrected chi connectivity index (χ3v) is 10.9. The fourth-order valence-corrected chi connectivity index (χ4v) is 10.2. The summed E-state index contributed by atoms with van der Waals surface area (Å²) in [6.07, 6.45) is 0. The number of nitrogens with two attached hydrogens (primary N) is 2. The fourth-order valence-electron chi connectivity index (χ4n) is 6.94. The van der Waals surface area contributed by atoms with Gasteiger partial charge in [0.15, 0.2) is 0 Å². The number of primary amides is 2. The molecule has 5 aliphatic rings. The van der Waals surface area contributed by atoms with E-state index >= 15 is 0 Å². The Labute approximate surface area is 184 Å². The van der Waals surface area contributed by atoms with E-state index in [2.05, 4.69) is 21.1 Å². The Morgan fingerprint density at radius 1 is 0.793 bits per heavy atom. The van der Waals surface area contributed by atoms with E-state index in [0.29, 0.717) is 11.4 Å². The standard InChI is InChI=1S/C15H16Cl4N6O4/c1-28-15(29-2)13(18)5-6-8(23-25-10(21)27)4-3(7(5)22-24-9(20)26)11(13,16)12(4,17)14(6,15)19/h3-6H,1-2H3,(H3,20,24,26)(H3,21,25,27)/b22-7+,23-8?. The van der Waals surface area contributed by atoms with Crippen LogP contribution in [-0.4, -0.2) is 63.0 Å². The number of fused-ring (bicyclic) bond motifs is 2. The summed E-state index contributed by atoms with van der Waals surface area (Å²) >= 11 is 28.8. The molecule has 0 radical (unpaired) electrons. The molecule has 5 fully saturated rings. The van der Waals surface area contributed by atoms with Crippen molar-refractivity contribution < 1.29 is 19.1 Å². The van der Waals surface area contributed by atoms with Gasteiger partial charge >= 0.3 is 12.1 Å². The van der Waals surface area contributed by atoms with E-state index in [-0.39, 0.29) is 0 Å². The molecule has 5 saturated carbocycles. The van der Waals surface area contributed by atoms with Gasteiger partial charge in [-0.2, -0.15) is 10.2 Å². The zero-order chi connectivity index (χ0) is 21.4. The number of hydrogen-bond acceptors (Lipinski definition) is 6. The lowest BCUT2D eigenvalue weighted by Gasteiger charge is -2.58. The summed E-state index contributed by atoms with van der Waals surface area (Å²) < 4.78 is 11.6. The number of amides is 4. The number of hydrazone groups is 2. The van der Waals surface area contributed by atoms with Crippen LogP contribution in [0.2, 0.25) is 0 Å². The molecule has 158 valence electrons. The molecule has 0 spiro atoms. The van der Waals surface area contributed by atoms with E-state index in [1.165, 1.54) is 14.2 Å². The lowest BCUT2D eigenvalue weighted by molar-refractivity contribution is -0.223. The predicted octanol–water partition coefficient (Wildman–Crippen LogP) is 0.467. The first kappa shape index (κ1) is 19.9. The summed E-state index contributed by atoms with van der Waals surface area (Å²) in [7, 11) is 2.81. The van der Waals surface area contributed by atoms with E-state index in [1.54, 1.807) is 0 Å². The highest BCUT2D eigenvalue weighted by Gasteiger charge is 3.11. The molecule has 0 aromatic heterocycles. The Kier molecular flexibility index (Phi) is 3.59. The van der Waals surface area contributed by atoms with Gasteiger partial charge in [0.2, 0.25) is 5.79 Å². The van der Waals surface area contributed by atoms with Gasteiger partial charge in [-0.1, -0.05) is 0 Å². The van der Waals surface area contributed by atoms with Gasteiger partial charge in [-0.3, -0.25) is 0 Å². The van der Waals surface area contributed by atoms with E-state index < -0.39 is 61.0 Å². The molecule has 0 aromatic rings. The summed E-state index contributed by atoms with van der Waals surface area (Å²) in [6, 6.07) is -1.70. The first-order valence-electron chi connectivity index (χ1n) is 8.59. The summed E-state index contributed by atoms with van der Waals surface area (Å²) in [5.41, 5.74) is 15.8. The average Bonchev–Trinajstić information content (AvgIpc) is 2.96. The molecule has 14 heteroatoms. The average molecular weight is 486 g/mol. The van der Waals surface area contributed by atoms with Crippen LogP contribution in [0.4, 0.5) is 9.59 Å². The smallest absolute Gasteiger partial charge is 0.332 e. The van der Waals surface area contributed by atoms with Gasteiger partial charge in [0.05, 0.1) is 0 Å². The van der Waals surface area contributed by atoms with Gasteiger partial charge in [-0.15, -0.1) is 46.4 Å². The van der Waals surface area contributed by atoms with Gasteiger partial charge in [0.1, 0.15) is 19.5 Å². The van der Waals surface area contributed by atoms with Crippen molar-refractivity contribution in [3.8, 4) is 0 Å². The van der Waals surface area contributed by atoms with Crippen LogP contribution in [-0.2, 0) is 9.47 Å². The maximum Gasteiger partial charge on any atom is 0.332 e. The number of nitrogens with zero attached hydrogens (tertiary/aromatic N) is 2. The minimum Gasteiger partial charge on any atom is -0.350 e. The zero-order valence-electron chi connectivity index (χ0n) is 15.0. The number of halogens is 4. The van der Waals surface area contributed by atoms with Crippen LogP contribution >= 0.6 is 46.4 Å². The first-order chi connectivity index (χ1) is 13.5. The third-order valence-electron chi connectivity index (χ3n) is 7.37. The minimum absolute atomic E-state index is 0.483. The Morgan fingerprint density at radius 2 is 1.10 bits per heavy atom. The number of ether oxygens (including phenoxy) is 2. The molecular formula is C15H16Cl4N6O4. The Balaban J connectivity index is 1.81. The van der Waals surface area contributed by atoms with Crippen molar-refractivity contribution in [2.75, 3.05) is 14.2 Å². The maximum absolute atomic E-state index is 11.3. The van der Waals surface area contributed by atoms with Crippen molar-refractivity contribution in [1.82, 2.24) is 10.9 Å². The number of methoxy groups -OCH3 is 2. The largest absolute Gasteiger partial charge is 0.350 e. The van der Waals surface area contributed by atoms with Gasteiger partial charge < -0.3 is 20.9 Å². The monoisotopic (exact) mass is 484 g/mol. The molecule has 0 aromatic carbocycles. The second-order valence-electron chi connectivity index (χ2n) is 7.81. The summed E-state index contributed by atoms with van der Waals surface area (Å²) in [4.78, 5) is 17.0. The van der Waals surface area contributed by atoms with E-state index in [1.807, 2.05) is 0 Å². The van der Waals surface area contributed by atoms with Gasteiger partial charge in [-0.05, 0) is 0 Å². The number of carbonyl (C=O) groups excluding carboxylic acids is 2. The number of carbonyl (C=O) groups is 2. The molecule has 8 unspecified atom stereocenters. The summed E-state index contributed by atoms with van der Waals surface area (Å²) in [5, 5.41) is 8.37. The molecule has 0 heterocycles. The van der Waals surface area contributed by atoms with Crippen molar-refractivity contribution in [3.05, 3.63) is 0 Å². The van der Waals surface area contributed by atoms with Crippen LogP contribution in [0.5, 0.6) is 0 Å². The van der Waals surface area contributed by atoms with Crippen molar-refractivity contribution in [2.45, 2.75) is 25.3 Å². The predicted molar refractivity (Wildman–Crippen MR) is 105 cm³/mol. The molecule has 0 aliphatic heterocycles. The SMILES string of the molecule is COC1(OC)C2(Cl)C3C(=NNC(N)=O)C4C5/C(=N\NC(N)=O)C3C1(Cl)C5(Cl)C42Cl. The van der Waals surface area contributed by atoms with Gasteiger partial charge in [0, 0.05) is 49.3 Å². The zero-order valence-corrected chi connectivity index (χ0v) is 18.0. The van der Waals surface area contributed by atoms with E-state index in [4.69, 9.17) is 67.3 Å². The molecule has 10 nitrogen and oxygen atoms in total. The number of nitrogens with one attached hydrogen (secondary N) is 2. The van der Waals surface area contributed by atoms with Crippen LogP contribution in [0.3, 0.4) is 0 Å². The highest BCUT2D eigenvalue weighted by atomic mass is 35.5. The van der Waals surface area contributed by atoms with Crippen molar-refractivity contribution in [2.24, 2.45) is 45.3 Å². The van der Waals surface area contributed by atoms with Crippen molar-refractivity contribution >= 4 is 69.9 Å². The quantitative estimate of drug-likeness (QED) is 0.259. The summed E-state index contributed by atoms with van der Waals surface area (Å²) in [5.74, 6) is -4.02. The Hall–Kier alpha value is -1.04. The minimum atomic E-state index is -1.61. The maximum atomic E-state index is 11.3. The lowest BCUT2D eigenvalue weighted by Crippen LogP contribution is -2.73. The first-order valence-corrected chi connectivity index (χ1v) is 10.1. The highest BCUT2D eigenvalue weighted by Crippen LogP contribution is 2.95. The molecule has 0 saturated heterocycles. The molecule has 29 heavy (non-hydrogen) atoms. The number of hydrogen-bond donors (Lipinski definition) is 4. The van der Waals surface area contributed by atoms with E-state index in [0.717, 1.165) is 0 Å². The number of urea groups is 2. The highest BCUT2D eigenvalue weighted by molar-refractivity contribution is 6.57. The molecule has 5 rings (SSSR count). The van der Waals surface area contributed by atoms with Crippen molar-refractivity contribution in [3.63, 3.8) is 0 Å². The van der Waals surface area contributed by atoms with Crippen LogP contribution < -0.4 is 22.3 Å². The molecular weight excluding hydrogens is 470 g/mol. The van der Waals surface area contributed by atoms with Crippen LogP contribution in [0.25, 0.3) is 0 Å². The van der Waals surface area contributed by atoms with E-state index in [9.17, 15) is 9.59 Å². The van der Waals surface area contributed by atoms with Gasteiger partial charge in [0.25, 0.3) is 0 Å². The van der Waals surface area contributed by atoms with Gasteiger partial charge in [-0.25, -0.2) is 20.4 Å². The Bertz CT molecular complexity index is 874. The Morgan fingerprint density at radius 3 is 1.38 bits per heavy atom. The number of alkyl halides is 4. The molecule has 4 amide bonds. The van der Waals surface area contributed by atoms with Crippen LogP contribution in [0.15, 0.2) is 10.2 Å². The van der Waals surface area contributed by atoms with Crippen LogP contribution in [0, 0.1) is 23.7 Å². The third kappa shape index (κ3) is 1.44. The number of rotatable bonds is 4.